The van der Waals surface area contributed by atoms with Crippen LogP contribution in [0.25, 0.3) is 0 Å². The van der Waals surface area contributed by atoms with Crippen LogP contribution in [0.4, 0.5) is 4.39 Å². The van der Waals surface area contributed by atoms with Crippen molar-refractivity contribution in [2.45, 2.75) is 12.6 Å². The molecule has 1 saturated heterocycles. The fourth-order valence-corrected chi connectivity index (χ4v) is 1.72. The Kier molecular flexibility index (Phi) is 2.39. The SMILES string of the molecule is NC1CN(Cc2cc(O)cc(F)c2)C1. The van der Waals surface area contributed by atoms with Gasteiger partial charge in [0.25, 0.3) is 0 Å². The van der Waals surface area contributed by atoms with Crippen molar-refractivity contribution in [3.63, 3.8) is 0 Å². The standard InChI is InChI=1S/C10H13FN2O/c11-8-1-7(2-10(14)3-8)4-13-5-9(12)6-13/h1-3,9,14H,4-6,12H2. The van der Waals surface area contributed by atoms with E-state index < -0.39 is 5.82 Å². The zero-order chi connectivity index (χ0) is 10.1. The molecule has 3 nitrogen and oxygen atoms in total. The van der Waals surface area contributed by atoms with Gasteiger partial charge in [0.15, 0.2) is 0 Å². The molecule has 0 aliphatic carbocycles. The fourth-order valence-electron chi connectivity index (χ4n) is 1.72. The molecule has 1 aromatic carbocycles. The quantitative estimate of drug-likeness (QED) is 0.731. The molecule has 0 radical (unpaired) electrons. The molecule has 0 unspecified atom stereocenters. The molecule has 14 heavy (non-hydrogen) atoms. The van der Waals surface area contributed by atoms with Crippen LogP contribution >= 0.6 is 0 Å². The molecule has 0 aromatic heterocycles. The van der Waals surface area contributed by atoms with E-state index >= 15 is 0 Å². The Morgan fingerprint density at radius 3 is 2.71 bits per heavy atom. The van der Waals surface area contributed by atoms with Gasteiger partial charge >= 0.3 is 0 Å². The van der Waals surface area contributed by atoms with Gasteiger partial charge in [0.2, 0.25) is 0 Å². The van der Waals surface area contributed by atoms with Gasteiger partial charge in [-0.05, 0) is 17.7 Å². The lowest BCUT2D eigenvalue weighted by molar-refractivity contribution is 0.142. The summed E-state index contributed by atoms with van der Waals surface area (Å²) in [5, 5.41) is 9.17. The van der Waals surface area contributed by atoms with Crippen molar-refractivity contribution in [2.75, 3.05) is 13.1 Å². The fraction of sp³-hybridized carbons (Fsp3) is 0.400. The first kappa shape index (κ1) is 9.43. The van der Waals surface area contributed by atoms with Crippen LogP contribution in [0.5, 0.6) is 5.75 Å². The van der Waals surface area contributed by atoms with Crippen LogP contribution in [0.15, 0.2) is 18.2 Å². The molecule has 1 fully saturated rings. The highest BCUT2D eigenvalue weighted by molar-refractivity contribution is 5.28. The van der Waals surface area contributed by atoms with Gasteiger partial charge in [-0.3, -0.25) is 4.90 Å². The van der Waals surface area contributed by atoms with Gasteiger partial charge in [0.05, 0.1) is 0 Å². The first-order chi connectivity index (χ1) is 6.63. The van der Waals surface area contributed by atoms with Crippen LogP contribution in [-0.4, -0.2) is 29.1 Å². The Bertz CT molecular complexity index is 317. The lowest BCUT2D eigenvalue weighted by Gasteiger charge is -2.36. The molecule has 0 saturated carbocycles. The van der Waals surface area contributed by atoms with Crippen molar-refractivity contribution in [1.82, 2.24) is 4.90 Å². The minimum atomic E-state index is -0.398. The number of hydrogen-bond donors (Lipinski definition) is 2. The molecule has 3 N–H and O–H groups in total. The van der Waals surface area contributed by atoms with E-state index in [1.807, 2.05) is 0 Å². The Morgan fingerprint density at radius 2 is 2.14 bits per heavy atom. The van der Waals surface area contributed by atoms with Crippen LogP contribution in [0, 0.1) is 5.82 Å². The summed E-state index contributed by atoms with van der Waals surface area (Å²) in [6.07, 6.45) is 0. The van der Waals surface area contributed by atoms with Crippen LogP contribution in [-0.2, 0) is 6.54 Å². The molecule has 1 heterocycles. The summed E-state index contributed by atoms with van der Waals surface area (Å²) in [6, 6.07) is 4.36. The molecule has 76 valence electrons. The summed E-state index contributed by atoms with van der Waals surface area (Å²) in [7, 11) is 0. The third-order valence-corrected chi connectivity index (χ3v) is 2.33. The first-order valence-electron chi connectivity index (χ1n) is 4.60. The van der Waals surface area contributed by atoms with E-state index in [2.05, 4.69) is 4.90 Å². The van der Waals surface area contributed by atoms with Crippen molar-refractivity contribution in [3.05, 3.63) is 29.6 Å². The van der Waals surface area contributed by atoms with Gasteiger partial charge in [-0.25, -0.2) is 4.39 Å². The maximum Gasteiger partial charge on any atom is 0.127 e. The summed E-state index contributed by atoms with van der Waals surface area (Å²) in [5.74, 6) is -0.422. The minimum absolute atomic E-state index is 0.0233. The second-order valence-electron chi connectivity index (χ2n) is 3.77. The monoisotopic (exact) mass is 196 g/mol. The smallest absolute Gasteiger partial charge is 0.127 e. The van der Waals surface area contributed by atoms with Gasteiger partial charge in [-0.2, -0.15) is 0 Å². The predicted octanol–water partition coefficient (Wildman–Crippen LogP) is 0.674. The number of phenolic OH excluding ortho intramolecular Hbond substituents is 1. The topological polar surface area (TPSA) is 49.5 Å². The highest BCUT2D eigenvalue weighted by Crippen LogP contribution is 2.18. The third-order valence-electron chi connectivity index (χ3n) is 2.33. The van der Waals surface area contributed by atoms with Crippen LogP contribution in [0.1, 0.15) is 5.56 Å². The van der Waals surface area contributed by atoms with Gasteiger partial charge in [0.1, 0.15) is 11.6 Å². The van der Waals surface area contributed by atoms with Crippen LogP contribution in [0.3, 0.4) is 0 Å². The second kappa shape index (κ2) is 3.55. The molecule has 2 rings (SSSR count). The van der Waals surface area contributed by atoms with Crippen LogP contribution < -0.4 is 5.73 Å². The first-order valence-corrected chi connectivity index (χ1v) is 4.60. The van der Waals surface area contributed by atoms with Crippen molar-refractivity contribution in [2.24, 2.45) is 5.73 Å². The molecule has 0 bridgehead atoms. The zero-order valence-corrected chi connectivity index (χ0v) is 7.78. The Morgan fingerprint density at radius 1 is 1.43 bits per heavy atom. The maximum absolute atomic E-state index is 12.9. The zero-order valence-electron chi connectivity index (χ0n) is 7.78. The third kappa shape index (κ3) is 2.02. The Labute approximate surface area is 81.9 Å². The molecule has 0 atom stereocenters. The summed E-state index contributed by atoms with van der Waals surface area (Å²) < 4.78 is 12.9. The number of halogens is 1. The molecular formula is C10H13FN2O. The number of nitrogens with zero attached hydrogens (tertiary/aromatic N) is 1. The van der Waals surface area contributed by atoms with Crippen molar-refractivity contribution < 1.29 is 9.50 Å². The number of hydrogen-bond acceptors (Lipinski definition) is 3. The second-order valence-corrected chi connectivity index (χ2v) is 3.77. The maximum atomic E-state index is 12.9. The van der Waals surface area contributed by atoms with Gasteiger partial charge < -0.3 is 10.8 Å². The van der Waals surface area contributed by atoms with E-state index in [0.29, 0.717) is 6.54 Å². The largest absolute Gasteiger partial charge is 0.508 e. The summed E-state index contributed by atoms with van der Waals surface area (Å²) in [4.78, 5) is 2.11. The van der Waals surface area contributed by atoms with Crippen molar-refractivity contribution >= 4 is 0 Å². The molecule has 0 amide bonds. The van der Waals surface area contributed by atoms with Gasteiger partial charge in [0, 0.05) is 31.7 Å². The molecule has 1 aromatic rings. The highest BCUT2D eigenvalue weighted by atomic mass is 19.1. The number of nitrogens with two attached hydrogens (primary N) is 1. The number of likely N-dealkylation sites (tertiary alicyclic amines) is 1. The van der Waals surface area contributed by atoms with Crippen molar-refractivity contribution in [1.29, 1.82) is 0 Å². The van der Waals surface area contributed by atoms with E-state index in [9.17, 15) is 4.39 Å². The van der Waals surface area contributed by atoms with E-state index in [1.54, 1.807) is 6.07 Å². The molecule has 1 aliphatic rings. The minimum Gasteiger partial charge on any atom is -0.508 e. The predicted molar refractivity (Wildman–Crippen MR) is 51.3 cm³/mol. The lowest BCUT2D eigenvalue weighted by atomic mass is 10.1. The average Bonchev–Trinajstić information content (AvgIpc) is 1.99. The molecule has 1 aliphatic heterocycles. The molecular weight excluding hydrogens is 183 g/mol. The molecule has 0 spiro atoms. The van der Waals surface area contributed by atoms with E-state index in [4.69, 9.17) is 10.8 Å². The Balaban J connectivity index is 2.02. The number of benzene rings is 1. The molecule has 4 heteroatoms. The summed E-state index contributed by atoms with van der Waals surface area (Å²) in [5.41, 5.74) is 6.40. The van der Waals surface area contributed by atoms with Gasteiger partial charge in [-0.15, -0.1) is 0 Å². The average molecular weight is 196 g/mol. The van der Waals surface area contributed by atoms with E-state index in [0.717, 1.165) is 24.7 Å². The normalized spacial score (nSPS) is 18.1. The number of phenols is 1. The van der Waals surface area contributed by atoms with E-state index in [-0.39, 0.29) is 11.8 Å². The summed E-state index contributed by atoms with van der Waals surface area (Å²) >= 11 is 0. The lowest BCUT2D eigenvalue weighted by Crippen LogP contribution is -2.54. The number of aromatic hydroxyl groups is 1. The Hall–Kier alpha value is -1.13. The van der Waals surface area contributed by atoms with E-state index in [1.165, 1.54) is 6.07 Å². The van der Waals surface area contributed by atoms with Crippen molar-refractivity contribution in [3.8, 4) is 5.75 Å². The van der Waals surface area contributed by atoms with Crippen LogP contribution in [0.2, 0.25) is 0 Å². The van der Waals surface area contributed by atoms with Gasteiger partial charge in [-0.1, -0.05) is 0 Å². The summed E-state index contributed by atoms with van der Waals surface area (Å²) in [6.45, 7) is 2.34. The highest BCUT2D eigenvalue weighted by Gasteiger charge is 2.22. The number of rotatable bonds is 2.